The van der Waals surface area contributed by atoms with Crippen LogP contribution in [0.5, 0.6) is 0 Å². The minimum atomic E-state index is -4.28. The molecule has 5 N–H and O–H groups in total. The number of thiazole rings is 1. The van der Waals surface area contributed by atoms with Crippen LogP contribution in [-0.2, 0) is 10.1 Å². The van der Waals surface area contributed by atoms with Crippen molar-refractivity contribution in [1.82, 2.24) is 0 Å². The summed E-state index contributed by atoms with van der Waals surface area (Å²) in [5.74, 6) is 5.86. The molecule has 0 saturated heterocycles. The topological polar surface area (TPSA) is 108 Å². The summed E-state index contributed by atoms with van der Waals surface area (Å²) in [4.78, 5) is 0. The van der Waals surface area contributed by atoms with E-state index >= 15 is 0 Å². The highest BCUT2D eigenvalue weighted by Crippen LogP contribution is 2.27. The summed E-state index contributed by atoms with van der Waals surface area (Å²) in [5, 5.41) is 6.01. The molecule has 0 aliphatic rings. The van der Waals surface area contributed by atoms with E-state index in [4.69, 9.17) is 10.4 Å². The van der Waals surface area contributed by atoms with Crippen LogP contribution in [0.15, 0.2) is 4.34 Å². The van der Waals surface area contributed by atoms with Crippen molar-refractivity contribution in [3.63, 3.8) is 0 Å². The standard InChI is InChI=1S/C5H10N4O3S2/c1-7-3-4(8-2)13-5(9(3)6)14(10,11)12/h7-8H,6H2,1-2H3/p+1. The van der Waals surface area contributed by atoms with Gasteiger partial charge in [-0.1, -0.05) is 11.3 Å². The molecule has 0 radical (unpaired) electrons. The van der Waals surface area contributed by atoms with Crippen molar-refractivity contribution in [1.29, 1.82) is 0 Å². The van der Waals surface area contributed by atoms with E-state index in [1.165, 1.54) is 0 Å². The normalized spacial score (nSPS) is 11.4. The lowest BCUT2D eigenvalue weighted by molar-refractivity contribution is -0.657. The number of nitrogens with one attached hydrogen (secondary N) is 2. The van der Waals surface area contributed by atoms with Gasteiger partial charge in [0.15, 0.2) is 5.00 Å². The van der Waals surface area contributed by atoms with E-state index in [0.717, 1.165) is 16.0 Å². The number of nitrogens with zero attached hydrogens (tertiary/aromatic N) is 1. The van der Waals surface area contributed by atoms with Crippen LogP contribution in [0.25, 0.3) is 0 Å². The van der Waals surface area contributed by atoms with E-state index in [-0.39, 0.29) is 4.34 Å². The van der Waals surface area contributed by atoms with Crippen molar-refractivity contribution >= 4 is 32.3 Å². The van der Waals surface area contributed by atoms with Crippen LogP contribution >= 0.6 is 11.3 Å². The minimum Gasteiger partial charge on any atom is -0.373 e. The molecule has 0 spiro atoms. The third-order valence-corrected chi connectivity index (χ3v) is 4.02. The maximum absolute atomic E-state index is 10.9. The molecule has 0 saturated carbocycles. The summed E-state index contributed by atoms with van der Waals surface area (Å²) in [6, 6.07) is 0. The van der Waals surface area contributed by atoms with Crippen molar-refractivity contribution in [3.05, 3.63) is 0 Å². The summed E-state index contributed by atoms with van der Waals surface area (Å²) in [6.45, 7) is 0. The first-order valence-corrected chi connectivity index (χ1v) is 5.84. The molecule has 0 amide bonds. The fourth-order valence-corrected chi connectivity index (χ4v) is 2.74. The highest BCUT2D eigenvalue weighted by molar-refractivity contribution is 7.87. The van der Waals surface area contributed by atoms with Crippen molar-refractivity contribution in [2.24, 2.45) is 0 Å². The van der Waals surface area contributed by atoms with Gasteiger partial charge >= 0.3 is 20.3 Å². The molecule has 80 valence electrons. The Morgan fingerprint density at radius 3 is 2.29 bits per heavy atom. The molecule has 0 aliphatic heterocycles. The van der Waals surface area contributed by atoms with Gasteiger partial charge in [-0.25, -0.2) is 0 Å². The molecule has 14 heavy (non-hydrogen) atoms. The molecule has 0 atom stereocenters. The summed E-state index contributed by atoms with van der Waals surface area (Å²) in [6.07, 6.45) is 0. The Kier molecular flexibility index (Phi) is 2.83. The lowest BCUT2D eigenvalue weighted by Gasteiger charge is -1.95. The van der Waals surface area contributed by atoms with Gasteiger partial charge in [0.1, 0.15) is 0 Å². The first-order chi connectivity index (χ1) is 6.41. The predicted octanol–water partition coefficient (Wildman–Crippen LogP) is -0.921. The zero-order valence-electron chi connectivity index (χ0n) is 7.60. The zero-order chi connectivity index (χ0) is 10.9. The van der Waals surface area contributed by atoms with Gasteiger partial charge in [-0.05, 0) is 0 Å². The second-order valence-electron chi connectivity index (χ2n) is 2.39. The Bertz CT molecular complexity index is 438. The molecule has 0 unspecified atom stereocenters. The number of anilines is 2. The number of hydrogen-bond acceptors (Lipinski definition) is 6. The van der Waals surface area contributed by atoms with Gasteiger partial charge in [0.25, 0.3) is 0 Å². The lowest BCUT2D eigenvalue weighted by atomic mass is 10.7. The van der Waals surface area contributed by atoms with E-state index in [1.54, 1.807) is 14.1 Å². The number of nitrogen functional groups attached to an aromatic ring is 1. The molecular formula is C5H11N4O3S2+. The van der Waals surface area contributed by atoms with Gasteiger partial charge in [0, 0.05) is 7.05 Å². The summed E-state index contributed by atoms with van der Waals surface area (Å²) >= 11 is 0.844. The smallest absolute Gasteiger partial charge is 0.344 e. The third kappa shape index (κ3) is 1.74. The number of nitrogens with two attached hydrogens (primary N) is 1. The van der Waals surface area contributed by atoms with Crippen molar-refractivity contribution in [2.75, 3.05) is 30.6 Å². The predicted molar refractivity (Wildman–Crippen MR) is 53.6 cm³/mol. The fraction of sp³-hybridized carbons (Fsp3) is 0.400. The molecule has 0 aliphatic carbocycles. The second-order valence-corrected chi connectivity index (χ2v) is 4.99. The average Bonchev–Trinajstić information content (AvgIpc) is 2.40. The molecule has 0 bridgehead atoms. The Morgan fingerprint density at radius 1 is 1.43 bits per heavy atom. The number of hydrogen-bond donors (Lipinski definition) is 4. The van der Waals surface area contributed by atoms with E-state index in [2.05, 4.69) is 10.6 Å². The van der Waals surface area contributed by atoms with Gasteiger partial charge in [0.2, 0.25) is 0 Å². The maximum Gasteiger partial charge on any atom is 0.344 e. The summed E-state index contributed by atoms with van der Waals surface area (Å²) < 4.78 is 31.1. The zero-order valence-corrected chi connectivity index (χ0v) is 9.24. The van der Waals surface area contributed by atoms with Crippen LogP contribution in [0, 0.1) is 0 Å². The van der Waals surface area contributed by atoms with Gasteiger partial charge in [-0.2, -0.15) is 8.42 Å². The molecule has 7 nitrogen and oxygen atoms in total. The first-order valence-electron chi connectivity index (χ1n) is 3.58. The molecule has 1 aromatic heterocycles. The third-order valence-electron chi connectivity index (χ3n) is 1.53. The monoisotopic (exact) mass is 239 g/mol. The Hall–Kier alpha value is -1.06. The molecule has 1 rings (SSSR count). The van der Waals surface area contributed by atoms with E-state index in [9.17, 15) is 8.42 Å². The van der Waals surface area contributed by atoms with Crippen LogP contribution in [0.2, 0.25) is 0 Å². The van der Waals surface area contributed by atoms with E-state index < -0.39 is 10.1 Å². The second kappa shape index (κ2) is 3.59. The molecular weight excluding hydrogens is 228 g/mol. The van der Waals surface area contributed by atoms with Crippen LogP contribution in [-0.4, -0.2) is 27.1 Å². The first kappa shape index (κ1) is 11.0. The Labute approximate surface area is 85.3 Å². The van der Waals surface area contributed by atoms with Crippen molar-refractivity contribution in [2.45, 2.75) is 4.34 Å². The Morgan fingerprint density at radius 2 is 2.00 bits per heavy atom. The lowest BCUT2D eigenvalue weighted by Crippen LogP contribution is -2.48. The Balaban J connectivity index is 3.43. The quantitative estimate of drug-likeness (QED) is 0.308. The largest absolute Gasteiger partial charge is 0.373 e. The average molecular weight is 239 g/mol. The van der Waals surface area contributed by atoms with Gasteiger partial charge in [-0.15, -0.1) is 4.68 Å². The van der Waals surface area contributed by atoms with E-state index in [0.29, 0.717) is 10.8 Å². The van der Waals surface area contributed by atoms with E-state index in [1.807, 2.05) is 0 Å². The molecule has 9 heteroatoms. The molecule has 1 aromatic rings. The van der Waals surface area contributed by atoms with Crippen molar-refractivity contribution in [3.8, 4) is 0 Å². The van der Waals surface area contributed by atoms with Crippen LogP contribution in [0.1, 0.15) is 0 Å². The van der Waals surface area contributed by atoms with Crippen LogP contribution < -0.4 is 21.2 Å². The highest BCUT2D eigenvalue weighted by Gasteiger charge is 2.29. The van der Waals surface area contributed by atoms with Crippen LogP contribution in [0.4, 0.5) is 10.8 Å². The van der Waals surface area contributed by atoms with Gasteiger partial charge in [0.05, 0.1) is 7.05 Å². The molecule has 0 fully saturated rings. The number of rotatable bonds is 3. The maximum atomic E-state index is 10.9. The summed E-state index contributed by atoms with van der Waals surface area (Å²) in [5.41, 5.74) is 0. The highest BCUT2D eigenvalue weighted by atomic mass is 32.3. The van der Waals surface area contributed by atoms with Gasteiger partial charge < -0.3 is 5.32 Å². The number of aromatic nitrogens is 1. The van der Waals surface area contributed by atoms with Gasteiger partial charge in [-0.3, -0.25) is 15.7 Å². The van der Waals surface area contributed by atoms with Crippen LogP contribution in [0.3, 0.4) is 0 Å². The SMILES string of the molecule is CNc1sc(S(=O)(=O)O)[n+](N)c1NC. The molecule has 0 aromatic carbocycles. The van der Waals surface area contributed by atoms with Crippen molar-refractivity contribution < 1.29 is 17.6 Å². The fourth-order valence-electron chi connectivity index (χ4n) is 0.966. The molecule has 1 heterocycles. The summed E-state index contributed by atoms with van der Waals surface area (Å²) in [7, 11) is -1.06. The minimum absolute atomic E-state index is 0.328.